The van der Waals surface area contributed by atoms with Gasteiger partial charge in [-0.3, -0.25) is 13.9 Å². The smallest absolute Gasteiger partial charge is 0.336 e. The number of aromatic nitrogens is 2. The highest BCUT2D eigenvalue weighted by atomic mass is 16.7. The molecule has 33 heavy (non-hydrogen) atoms. The van der Waals surface area contributed by atoms with E-state index in [0.717, 1.165) is 15.7 Å². The van der Waals surface area contributed by atoms with Gasteiger partial charge in [0.15, 0.2) is 11.5 Å². The van der Waals surface area contributed by atoms with Crippen LogP contribution < -0.4 is 20.7 Å². The predicted molar refractivity (Wildman–Crippen MR) is 121 cm³/mol. The van der Waals surface area contributed by atoms with Crippen LogP contribution in [-0.4, -0.2) is 27.0 Å². The normalized spacial score (nSPS) is 12.3. The summed E-state index contributed by atoms with van der Waals surface area (Å²) in [4.78, 5) is 38.7. The molecular formula is C25H20N2O6. The van der Waals surface area contributed by atoms with Gasteiger partial charge in [-0.1, -0.05) is 36.4 Å². The number of carboxylic acid groups (broad SMARTS) is 1. The zero-order valence-corrected chi connectivity index (χ0v) is 17.8. The molecule has 1 aliphatic rings. The van der Waals surface area contributed by atoms with Crippen molar-refractivity contribution in [2.45, 2.75) is 13.0 Å². The molecule has 0 bridgehead atoms. The lowest BCUT2D eigenvalue weighted by atomic mass is 9.95. The molecule has 8 nitrogen and oxygen atoms in total. The van der Waals surface area contributed by atoms with E-state index in [9.17, 15) is 19.5 Å². The average molecular weight is 444 g/mol. The van der Waals surface area contributed by atoms with Crippen molar-refractivity contribution in [3.05, 3.63) is 104 Å². The molecule has 0 atom stereocenters. The third kappa shape index (κ3) is 3.55. The summed E-state index contributed by atoms with van der Waals surface area (Å²) in [7, 11) is 1.58. The molecule has 166 valence electrons. The number of hydrogen-bond acceptors (Lipinski definition) is 5. The average Bonchev–Trinajstić information content (AvgIpc) is 3.28. The summed E-state index contributed by atoms with van der Waals surface area (Å²) in [6.45, 7) is 0.211. The van der Waals surface area contributed by atoms with Crippen LogP contribution in [0.5, 0.6) is 11.5 Å². The molecule has 0 amide bonds. The monoisotopic (exact) mass is 444 g/mol. The molecule has 8 heteroatoms. The van der Waals surface area contributed by atoms with Gasteiger partial charge < -0.3 is 14.6 Å². The quantitative estimate of drug-likeness (QED) is 0.508. The number of ether oxygens (including phenoxy) is 2. The van der Waals surface area contributed by atoms with Crippen LogP contribution in [0.15, 0.2) is 70.3 Å². The number of carbonyl (C=O) groups is 1. The van der Waals surface area contributed by atoms with Crippen molar-refractivity contribution in [2.75, 3.05) is 6.79 Å². The van der Waals surface area contributed by atoms with E-state index in [2.05, 4.69) is 0 Å². The summed E-state index contributed by atoms with van der Waals surface area (Å²) in [5.41, 5.74) is 1.32. The summed E-state index contributed by atoms with van der Waals surface area (Å²) in [6, 6.07) is 17.5. The van der Waals surface area contributed by atoms with Crippen LogP contribution in [0.1, 0.15) is 27.0 Å². The Morgan fingerprint density at radius 3 is 2.48 bits per heavy atom. The van der Waals surface area contributed by atoms with Gasteiger partial charge in [0, 0.05) is 7.05 Å². The molecule has 0 saturated heterocycles. The highest BCUT2D eigenvalue weighted by molar-refractivity contribution is 5.97. The summed E-state index contributed by atoms with van der Waals surface area (Å²) in [5.74, 6) is 0.0387. The first kappa shape index (κ1) is 20.6. The molecule has 0 radical (unpaired) electrons. The topological polar surface area (TPSA) is 99.8 Å². The van der Waals surface area contributed by atoms with Crippen LogP contribution in [0.2, 0.25) is 0 Å². The number of rotatable bonds is 5. The molecule has 0 aliphatic carbocycles. The van der Waals surface area contributed by atoms with Crippen molar-refractivity contribution < 1.29 is 19.4 Å². The first-order valence-electron chi connectivity index (χ1n) is 10.3. The molecular weight excluding hydrogens is 424 g/mol. The lowest BCUT2D eigenvalue weighted by molar-refractivity contribution is 0.0696. The van der Waals surface area contributed by atoms with Gasteiger partial charge in [0.2, 0.25) is 6.79 Å². The highest BCUT2D eigenvalue weighted by Crippen LogP contribution is 2.34. The van der Waals surface area contributed by atoms with E-state index in [0.29, 0.717) is 22.6 Å². The minimum absolute atomic E-state index is 0.0159. The molecule has 0 unspecified atom stereocenters. The van der Waals surface area contributed by atoms with Crippen LogP contribution >= 0.6 is 0 Å². The van der Waals surface area contributed by atoms with Crippen LogP contribution in [0.25, 0.3) is 10.9 Å². The maximum absolute atomic E-state index is 13.6. The molecule has 4 aromatic rings. The Labute approximate surface area is 187 Å². The maximum Gasteiger partial charge on any atom is 0.336 e. The molecule has 0 spiro atoms. The van der Waals surface area contributed by atoms with Gasteiger partial charge in [-0.15, -0.1) is 0 Å². The summed E-state index contributed by atoms with van der Waals surface area (Å²) < 4.78 is 13.3. The number of carboxylic acids is 1. The van der Waals surface area contributed by atoms with Crippen molar-refractivity contribution in [3.8, 4) is 11.5 Å². The molecule has 1 aliphatic heterocycles. The Balaban J connectivity index is 1.74. The standard InChI is InChI=1S/C25H20N2O6/c1-26-19-9-8-17(24(29)30)18(11-16-7-10-20-21(12-16)33-14-32-20)22(19)23(28)27(25(26)31)13-15-5-3-2-4-6-15/h2-10,12H,11,13-14H2,1H3,(H,29,30). The maximum atomic E-state index is 13.6. The lowest BCUT2D eigenvalue weighted by Gasteiger charge is -2.15. The van der Waals surface area contributed by atoms with Crippen molar-refractivity contribution in [3.63, 3.8) is 0 Å². The first-order valence-corrected chi connectivity index (χ1v) is 10.3. The van der Waals surface area contributed by atoms with Crippen molar-refractivity contribution >= 4 is 16.9 Å². The van der Waals surface area contributed by atoms with Gasteiger partial charge in [-0.05, 0) is 47.4 Å². The van der Waals surface area contributed by atoms with Gasteiger partial charge in [0.25, 0.3) is 5.56 Å². The number of aromatic carboxylic acids is 1. The SMILES string of the molecule is Cn1c(=O)n(Cc2ccccc2)c(=O)c2c(Cc3ccc4c(c3)OCO4)c(C(=O)O)ccc21. The Hall–Kier alpha value is -4.33. The van der Waals surface area contributed by atoms with Gasteiger partial charge in [0.1, 0.15) is 0 Å². The zero-order chi connectivity index (χ0) is 23.1. The van der Waals surface area contributed by atoms with E-state index >= 15 is 0 Å². The molecule has 5 rings (SSSR count). The number of benzene rings is 3. The second-order valence-corrected chi connectivity index (χ2v) is 7.87. The Morgan fingerprint density at radius 1 is 0.970 bits per heavy atom. The third-order valence-corrected chi connectivity index (χ3v) is 5.86. The highest BCUT2D eigenvalue weighted by Gasteiger charge is 2.22. The first-order chi connectivity index (χ1) is 15.9. The van der Waals surface area contributed by atoms with E-state index in [1.165, 1.54) is 16.7 Å². The Morgan fingerprint density at radius 2 is 1.73 bits per heavy atom. The van der Waals surface area contributed by atoms with Gasteiger partial charge in [-0.2, -0.15) is 0 Å². The molecule has 2 heterocycles. The van der Waals surface area contributed by atoms with Gasteiger partial charge in [0.05, 0.1) is 23.0 Å². The molecule has 0 fully saturated rings. The number of fused-ring (bicyclic) bond motifs is 2. The molecule has 1 aromatic heterocycles. The van der Waals surface area contributed by atoms with E-state index in [4.69, 9.17) is 9.47 Å². The summed E-state index contributed by atoms with van der Waals surface area (Å²) >= 11 is 0. The van der Waals surface area contributed by atoms with E-state index in [1.54, 1.807) is 19.2 Å². The third-order valence-electron chi connectivity index (χ3n) is 5.86. The largest absolute Gasteiger partial charge is 0.478 e. The molecule has 3 aromatic carbocycles. The minimum atomic E-state index is -1.14. The van der Waals surface area contributed by atoms with Gasteiger partial charge >= 0.3 is 11.7 Å². The van der Waals surface area contributed by atoms with Gasteiger partial charge in [-0.25, -0.2) is 9.59 Å². The van der Waals surface area contributed by atoms with E-state index < -0.39 is 17.2 Å². The fourth-order valence-electron chi connectivity index (χ4n) is 4.20. The fourth-order valence-corrected chi connectivity index (χ4v) is 4.20. The second kappa shape index (κ2) is 7.98. The number of aryl methyl sites for hydroxylation is 1. The van der Waals surface area contributed by atoms with Crippen molar-refractivity contribution in [2.24, 2.45) is 7.05 Å². The van der Waals surface area contributed by atoms with Crippen LogP contribution in [0.4, 0.5) is 0 Å². The van der Waals surface area contributed by atoms with Crippen LogP contribution in [0.3, 0.4) is 0 Å². The Kier molecular flexibility index (Phi) is 4.97. The fraction of sp³-hybridized carbons (Fsp3) is 0.160. The second-order valence-electron chi connectivity index (χ2n) is 7.87. The number of hydrogen-bond donors (Lipinski definition) is 1. The van der Waals surface area contributed by atoms with E-state index in [1.807, 2.05) is 36.4 Å². The lowest BCUT2D eigenvalue weighted by Crippen LogP contribution is -2.40. The Bertz CT molecular complexity index is 1520. The molecule has 0 saturated carbocycles. The molecule has 1 N–H and O–H groups in total. The van der Waals surface area contributed by atoms with Crippen LogP contribution in [-0.2, 0) is 20.0 Å². The van der Waals surface area contributed by atoms with E-state index in [-0.39, 0.29) is 30.7 Å². The predicted octanol–water partition coefficient (Wildman–Crippen LogP) is 2.77. The summed E-state index contributed by atoms with van der Waals surface area (Å²) in [5, 5.41) is 10.1. The zero-order valence-electron chi connectivity index (χ0n) is 17.8. The van der Waals surface area contributed by atoms with Crippen molar-refractivity contribution in [1.82, 2.24) is 9.13 Å². The minimum Gasteiger partial charge on any atom is -0.478 e. The van der Waals surface area contributed by atoms with Crippen LogP contribution in [0, 0.1) is 0 Å². The number of nitrogens with zero attached hydrogens (tertiary/aromatic N) is 2. The summed E-state index contributed by atoms with van der Waals surface area (Å²) in [6.07, 6.45) is 0.175. The van der Waals surface area contributed by atoms with Crippen molar-refractivity contribution in [1.29, 1.82) is 0 Å².